The van der Waals surface area contributed by atoms with Gasteiger partial charge in [0.2, 0.25) is 0 Å². The average molecular weight is 355 g/mol. The molecule has 1 aliphatic heterocycles. The van der Waals surface area contributed by atoms with E-state index in [2.05, 4.69) is 22.8 Å². The van der Waals surface area contributed by atoms with Gasteiger partial charge in [-0.1, -0.05) is 0 Å². The minimum atomic E-state index is -0.551. The molecule has 1 saturated heterocycles. The normalized spacial score (nSPS) is 20.5. The Bertz CT molecular complexity index is 387. The van der Waals surface area contributed by atoms with Crippen LogP contribution in [0.2, 0.25) is 0 Å². The Kier molecular flexibility index (Phi) is 10.5. The largest absolute Gasteiger partial charge is 0.497 e. The molecule has 1 heterocycles. The van der Waals surface area contributed by atoms with Crippen LogP contribution >= 0.6 is 36.6 Å². The highest BCUT2D eigenvalue weighted by atomic mass is 35.5. The molecule has 21 heavy (non-hydrogen) atoms. The second-order valence-electron chi connectivity index (χ2n) is 4.85. The van der Waals surface area contributed by atoms with Crippen molar-refractivity contribution in [3.63, 3.8) is 0 Å². The van der Waals surface area contributed by atoms with Gasteiger partial charge in [-0.05, 0) is 37.2 Å². The number of benzene rings is 1. The topological polar surface area (TPSA) is 53.5 Å². The fourth-order valence-electron chi connectivity index (χ4n) is 2.12. The summed E-state index contributed by atoms with van der Waals surface area (Å²) in [5, 5.41) is 16.6. The van der Waals surface area contributed by atoms with Crippen LogP contribution in [0.15, 0.2) is 29.2 Å². The van der Waals surface area contributed by atoms with Crippen molar-refractivity contribution in [3.8, 4) is 5.75 Å². The number of β-amino-alcohol motifs (C(OH)–C–C–N with tert-alkyl or cyclic N) is 1. The van der Waals surface area contributed by atoms with E-state index in [0.717, 1.165) is 31.0 Å². The number of thioether (sulfide) groups is 1. The zero-order chi connectivity index (χ0) is 13.6. The summed E-state index contributed by atoms with van der Waals surface area (Å²) in [7, 11) is 1.68. The molecule has 0 amide bonds. The monoisotopic (exact) mass is 354 g/mol. The van der Waals surface area contributed by atoms with Crippen LogP contribution in [0.5, 0.6) is 5.75 Å². The number of aliphatic hydroxyl groups is 1. The Morgan fingerprint density at radius 3 is 2.62 bits per heavy atom. The number of hydrogen-bond donors (Lipinski definition) is 3. The van der Waals surface area contributed by atoms with Crippen LogP contribution in [0.3, 0.4) is 0 Å². The van der Waals surface area contributed by atoms with Crippen molar-refractivity contribution in [2.75, 3.05) is 39.0 Å². The minimum absolute atomic E-state index is 0. The first kappa shape index (κ1) is 20.8. The second-order valence-corrected chi connectivity index (χ2v) is 6.02. The van der Waals surface area contributed by atoms with E-state index in [-0.39, 0.29) is 24.8 Å². The van der Waals surface area contributed by atoms with Gasteiger partial charge in [-0.25, -0.2) is 0 Å². The Labute approximate surface area is 143 Å². The number of halogens is 2. The Hall–Kier alpha value is -0.170. The van der Waals surface area contributed by atoms with Crippen LogP contribution in [0.25, 0.3) is 0 Å². The average Bonchev–Trinajstić information content (AvgIpc) is 2.86. The molecule has 1 fully saturated rings. The highest BCUT2D eigenvalue weighted by molar-refractivity contribution is 7.99. The molecular formula is C14H24Cl2N2O2S. The summed E-state index contributed by atoms with van der Waals surface area (Å²) in [6.45, 7) is 3.19. The smallest absolute Gasteiger partial charge is 0.118 e. The third kappa shape index (κ3) is 7.08. The quantitative estimate of drug-likeness (QED) is 0.516. The first-order valence-corrected chi connectivity index (χ1v) is 7.61. The zero-order valence-corrected chi connectivity index (χ0v) is 14.6. The number of hydrogen-bond acceptors (Lipinski definition) is 5. The molecule has 122 valence electrons. The molecule has 2 rings (SSSR count). The van der Waals surface area contributed by atoms with Gasteiger partial charge in [-0.15, -0.1) is 36.6 Å². The molecule has 0 saturated carbocycles. The lowest BCUT2D eigenvalue weighted by Crippen LogP contribution is -2.42. The molecule has 1 aliphatic rings. The lowest BCUT2D eigenvalue weighted by molar-refractivity contribution is 0.0619. The molecule has 0 radical (unpaired) electrons. The summed E-state index contributed by atoms with van der Waals surface area (Å²) < 4.78 is 5.12. The lowest BCUT2D eigenvalue weighted by Gasteiger charge is -2.21. The molecular weight excluding hydrogens is 331 g/mol. The van der Waals surface area contributed by atoms with Gasteiger partial charge in [0.15, 0.2) is 0 Å². The first-order chi connectivity index (χ1) is 9.22. The molecule has 0 bridgehead atoms. The van der Waals surface area contributed by atoms with E-state index in [1.165, 1.54) is 4.90 Å². The van der Waals surface area contributed by atoms with Crippen molar-refractivity contribution in [2.24, 2.45) is 0 Å². The van der Waals surface area contributed by atoms with Gasteiger partial charge in [0.1, 0.15) is 5.75 Å². The molecule has 0 spiro atoms. The maximum atomic E-state index is 10.1. The zero-order valence-electron chi connectivity index (χ0n) is 12.1. The van der Waals surface area contributed by atoms with Crippen LogP contribution in [0.4, 0.5) is 0 Å². The van der Waals surface area contributed by atoms with Crippen LogP contribution < -0.4 is 15.4 Å². The SMILES string of the molecule is COc1ccc(SCCNCC2(O)CCNC2)cc1.Cl.Cl. The predicted molar refractivity (Wildman–Crippen MR) is 93.5 cm³/mol. The standard InChI is InChI=1S/C14H22N2O2S.2ClH/c1-18-12-2-4-13(5-3-12)19-9-8-16-11-14(17)6-7-15-10-14;;/h2-5,15-17H,6-11H2,1H3;2*1H. The van der Waals surface area contributed by atoms with Crippen LogP contribution in [0, 0.1) is 0 Å². The summed E-state index contributed by atoms with van der Waals surface area (Å²) >= 11 is 1.81. The Morgan fingerprint density at radius 1 is 1.33 bits per heavy atom. The molecule has 7 heteroatoms. The van der Waals surface area contributed by atoms with Crippen LogP contribution in [0.1, 0.15) is 6.42 Å². The van der Waals surface area contributed by atoms with E-state index in [4.69, 9.17) is 4.74 Å². The molecule has 1 unspecified atom stereocenters. The van der Waals surface area contributed by atoms with Crippen molar-refractivity contribution in [2.45, 2.75) is 16.9 Å². The summed E-state index contributed by atoms with van der Waals surface area (Å²) in [6.07, 6.45) is 0.839. The maximum absolute atomic E-state index is 10.1. The Morgan fingerprint density at radius 2 is 2.05 bits per heavy atom. The van der Waals surface area contributed by atoms with E-state index >= 15 is 0 Å². The third-order valence-electron chi connectivity index (χ3n) is 3.28. The first-order valence-electron chi connectivity index (χ1n) is 6.63. The number of nitrogens with one attached hydrogen (secondary N) is 2. The van der Waals surface area contributed by atoms with Gasteiger partial charge in [0.05, 0.1) is 12.7 Å². The highest BCUT2D eigenvalue weighted by Crippen LogP contribution is 2.20. The molecule has 3 N–H and O–H groups in total. The van der Waals surface area contributed by atoms with Crippen LogP contribution in [-0.4, -0.2) is 49.7 Å². The molecule has 0 aliphatic carbocycles. The van der Waals surface area contributed by atoms with Gasteiger partial charge in [0.25, 0.3) is 0 Å². The van der Waals surface area contributed by atoms with Crippen molar-refractivity contribution in [3.05, 3.63) is 24.3 Å². The third-order valence-corrected chi connectivity index (χ3v) is 4.30. The Balaban J connectivity index is 0.00000200. The van der Waals surface area contributed by atoms with E-state index in [1.54, 1.807) is 18.9 Å². The molecule has 4 nitrogen and oxygen atoms in total. The van der Waals surface area contributed by atoms with E-state index in [9.17, 15) is 5.11 Å². The number of methoxy groups -OCH3 is 1. The summed E-state index contributed by atoms with van der Waals surface area (Å²) in [5.41, 5.74) is -0.551. The van der Waals surface area contributed by atoms with Gasteiger partial charge in [-0.2, -0.15) is 0 Å². The summed E-state index contributed by atoms with van der Waals surface area (Å²) in [6, 6.07) is 8.08. The van der Waals surface area contributed by atoms with Gasteiger partial charge >= 0.3 is 0 Å². The fourth-order valence-corrected chi connectivity index (χ4v) is 2.93. The lowest BCUT2D eigenvalue weighted by atomic mass is 10.0. The number of ether oxygens (including phenoxy) is 1. The summed E-state index contributed by atoms with van der Waals surface area (Å²) in [4.78, 5) is 1.24. The van der Waals surface area contributed by atoms with E-state index in [1.807, 2.05) is 12.1 Å². The van der Waals surface area contributed by atoms with Crippen molar-refractivity contribution < 1.29 is 9.84 Å². The highest BCUT2D eigenvalue weighted by Gasteiger charge is 2.29. The minimum Gasteiger partial charge on any atom is -0.497 e. The summed E-state index contributed by atoms with van der Waals surface area (Å²) in [5.74, 6) is 1.88. The van der Waals surface area contributed by atoms with Gasteiger partial charge in [-0.3, -0.25) is 0 Å². The molecule has 1 aromatic rings. The van der Waals surface area contributed by atoms with Crippen molar-refractivity contribution in [1.29, 1.82) is 0 Å². The van der Waals surface area contributed by atoms with E-state index < -0.39 is 5.60 Å². The predicted octanol–water partition coefficient (Wildman–Crippen LogP) is 1.94. The molecule has 0 aromatic heterocycles. The second kappa shape index (κ2) is 10.5. The number of rotatable bonds is 7. The van der Waals surface area contributed by atoms with Gasteiger partial charge < -0.3 is 20.5 Å². The van der Waals surface area contributed by atoms with Gasteiger partial charge in [0, 0.05) is 30.3 Å². The van der Waals surface area contributed by atoms with Crippen LogP contribution in [-0.2, 0) is 0 Å². The van der Waals surface area contributed by atoms with Crippen molar-refractivity contribution in [1.82, 2.24) is 10.6 Å². The fraction of sp³-hybridized carbons (Fsp3) is 0.571. The molecule has 1 atom stereocenters. The maximum Gasteiger partial charge on any atom is 0.118 e. The van der Waals surface area contributed by atoms with E-state index in [0.29, 0.717) is 13.1 Å². The molecule has 1 aromatic carbocycles. The van der Waals surface area contributed by atoms with Crippen molar-refractivity contribution >= 4 is 36.6 Å².